The van der Waals surface area contributed by atoms with E-state index in [0.717, 1.165) is 12.5 Å². The smallest absolute Gasteiger partial charge is 0.0860 e. The summed E-state index contributed by atoms with van der Waals surface area (Å²) in [6.45, 7) is 6.68. The Morgan fingerprint density at radius 1 is 1.33 bits per heavy atom. The molecule has 0 aliphatic carbocycles. The van der Waals surface area contributed by atoms with Gasteiger partial charge in [0.25, 0.3) is 0 Å². The summed E-state index contributed by atoms with van der Waals surface area (Å²) < 4.78 is 1.76. The standard InChI is InChI=1S/C14H27N3O/c1-3-5-7-13(4-2)10-15-11-14(18)12-17-9-6-8-16-17/h6,8-9,13-15,18H,3-5,7,10-12H2,1-2H3. The molecule has 4 nitrogen and oxygen atoms in total. The third kappa shape index (κ3) is 6.17. The first-order chi connectivity index (χ1) is 8.76. The van der Waals surface area contributed by atoms with Crippen molar-refractivity contribution in [3.63, 3.8) is 0 Å². The Bertz CT molecular complexity index is 287. The first-order valence-electron chi connectivity index (χ1n) is 7.12. The van der Waals surface area contributed by atoms with Crippen molar-refractivity contribution in [3.05, 3.63) is 18.5 Å². The van der Waals surface area contributed by atoms with Gasteiger partial charge in [-0.3, -0.25) is 4.68 Å². The highest BCUT2D eigenvalue weighted by molar-refractivity contribution is 4.78. The van der Waals surface area contributed by atoms with Gasteiger partial charge in [-0.05, 0) is 24.9 Å². The summed E-state index contributed by atoms with van der Waals surface area (Å²) in [5.41, 5.74) is 0. The fourth-order valence-electron chi connectivity index (χ4n) is 2.09. The largest absolute Gasteiger partial charge is 0.390 e. The molecule has 0 amide bonds. The molecule has 0 saturated heterocycles. The fraction of sp³-hybridized carbons (Fsp3) is 0.786. The van der Waals surface area contributed by atoms with E-state index in [1.807, 2.05) is 12.3 Å². The average Bonchev–Trinajstić information content (AvgIpc) is 2.86. The van der Waals surface area contributed by atoms with Crippen LogP contribution in [0.25, 0.3) is 0 Å². The molecule has 2 atom stereocenters. The van der Waals surface area contributed by atoms with Crippen LogP contribution in [-0.2, 0) is 6.54 Å². The lowest BCUT2D eigenvalue weighted by Gasteiger charge is -2.17. The molecular weight excluding hydrogens is 226 g/mol. The molecule has 1 heterocycles. The van der Waals surface area contributed by atoms with Crippen LogP contribution in [0.5, 0.6) is 0 Å². The molecule has 0 radical (unpaired) electrons. The summed E-state index contributed by atoms with van der Waals surface area (Å²) in [6.07, 6.45) is 8.30. The summed E-state index contributed by atoms with van der Waals surface area (Å²) in [7, 11) is 0. The van der Waals surface area contributed by atoms with Crippen molar-refractivity contribution in [2.45, 2.75) is 52.2 Å². The van der Waals surface area contributed by atoms with Crippen molar-refractivity contribution >= 4 is 0 Å². The molecule has 2 N–H and O–H groups in total. The first kappa shape index (κ1) is 15.2. The molecule has 0 aromatic carbocycles. The molecule has 0 saturated carbocycles. The summed E-state index contributed by atoms with van der Waals surface area (Å²) >= 11 is 0. The van der Waals surface area contributed by atoms with Crippen molar-refractivity contribution < 1.29 is 5.11 Å². The van der Waals surface area contributed by atoms with Crippen LogP contribution >= 0.6 is 0 Å². The lowest BCUT2D eigenvalue weighted by Crippen LogP contribution is -2.33. The van der Waals surface area contributed by atoms with Crippen LogP contribution in [0.1, 0.15) is 39.5 Å². The van der Waals surface area contributed by atoms with Gasteiger partial charge < -0.3 is 10.4 Å². The first-order valence-corrected chi connectivity index (χ1v) is 7.12. The molecule has 1 rings (SSSR count). The third-order valence-electron chi connectivity index (χ3n) is 3.31. The van der Waals surface area contributed by atoms with E-state index in [9.17, 15) is 5.11 Å². The number of aliphatic hydroxyl groups excluding tert-OH is 1. The summed E-state index contributed by atoms with van der Waals surface area (Å²) in [5.74, 6) is 0.738. The Morgan fingerprint density at radius 3 is 2.78 bits per heavy atom. The van der Waals surface area contributed by atoms with Gasteiger partial charge in [0.2, 0.25) is 0 Å². The Kier molecular flexibility index (Phi) is 7.69. The molecule has 0 bridgehead atoms. The van der Waals surface area contributed by atoms with Gasteiger partial charge >= 0.3 is 0 Å². The monoisotopic (exact) mass is 253 g/mol. The minimum absolute atomic E-state index is 0.367. The zero-order valence-corrected chi connectivity index (χ0v) is 11.7. The van der Waals surface area contributed by atoms with Crippen LogP contribution in [-0.4, -0.2) is 34.1 Å². The highest BCUT2D eigenvalue weighted by atomic mass is 16.3. The van der Waals surface area contributed by atoms with Gasteiger partial charge in [-0.1, -0.05) is 33.1 Å². The topological polar surface area (TPSA) is 50.1 Å². The predicted molar refractivity (Wildman–Crippen MR) is 74.4 cm³/mol. The molecule has 2 unspecified atom stereocenters. The van der Waals surface area contributed by atoms with Crippen LogP contribution in [0.3, 0.4) is 0 Å². The zero-order valence-electron chi connectivity index (χ0n) is 11.7. The fourth-order valence-corrected chi connectivity index (χ4v) is 2.09. The van der Waals surface area contributed by atoms with Gasteiger partial charge in [-0.15, -0.1) is 0 Å². The maximum absolute atomic E-state index is 9.86. The van der Waals surface area contributed by atoms with Crippen LogP contribution in [0.4, 0.5) is 0 Å². The maximum atomic E-state index is 9.86. The van der Waals surface area contributed by atoms with Gasteiger partial charge in [0, 0.05) is 18.9 Å². The minimum atomic E-state index is -0.367. The Hall–Kier alpha value is -0.870. The highest BCUT2D eigenvalue weighted by Crippen LogP contribution is 2.11. The van der Waals surface area contributed by atoms with Crippen LogP contribution in [0.15, 0.2) is 18.5 Å². The predicted octanol–water partition coefficient (Wildman–Crippen LogP) is 2.05. The molecule has 1 aromatic rings. The Labute approximate surface area is 110 Å². The third-order valence-corrected chi connectivity index (χ3v) is 3.31. The normalized spacial score (nSPS) is 14.6. The molecule has 4 heteroatoms. The van der Waals surface area contributed by atoms with Crippen LogP contribution in [0.2, 0.25) is 0 Å². The quantitative estimate of drug-likeness (QED) is 0.671. The van der Waals surface area contributed by atoms with E-state index < -0.39 is 0 Å². The number of nitrogens with zero attached hydrogens (tertiary/aromatic N) is 2. The van der Waals surface area contributed by atoms with Crippen molar-refractivity contribution in [2.24, 2.45) is 5.92 Å². The molecule has 0 spiro atoms. The molecule has 0 aliphatic rings. The summed E-state index contributed by atoms with van der Waals surface area (Å²) in [6, 6.07) is 1.87. The lowest BCUT2D eigenvalue weighted by atomic mass is 9.99. The van der Waals surface area contributed by atoms with Crippen molar-refractivity contribution in [2.75, 3.05) is 13.1 Å². The van der Waals surface area contributed by atoms with Crippen molar-refractivity contribution in [1.29, 1.82) is 0 Å². The molecule has 0 aliphatic heterocycles. The van der Waals surface area contributed by atoms with Gasteiger partial charge in [0.1, 0.15) is 0 Å². The second kappa shape index (κ2) is 9.11. The van der Waals surface area contributed by atoms with Gasteiger partial charge in [0.05, 0.1) is 12.6 Å². The molecular formula is C14H27N3O. The van der Waals surface area contributed by atoms with E-state index in [-0.39, 0.29) is 6.10 Å². The Morgan fingerprint density at radius 2 is 2.17 bits per heavy atom. The van der Waals surface area contributed by atoms with E-state index in [4.69, 9.17) is 0 Å². The van der Waals surface area contributed by atoms with E-state index in [2.05, 4.69) is 24.3 Å². The molecule has 0 fully saturated rings. The lowest BCUT2D eigenvalue weighted by molar-refractivity contribution is 0.145. The molecule has 18 heavy (non-hydrogen) atoms. The highest BCUT2D eigenvalue weighted by Gasteiger charge is 2.08. The van der Waals surface area contributed by atoms with Gasteiger partial charge in [0.15, 0.2) is 0 Å². The number of aliphatic hydroxyl groups is 1. The van der Waals surface area contributed by atoms with Crippen molar-refractivity contribution in [1.82, 2.24) is 15.1 Å². The number of hydrogen-bond donors (Lipinski definition) is 2. The number of nitrogens with one attached hydrogen (secondary N) is 1. The maximum Gasteiger partial charge on any atom is 0.0860 e. The van der Waals surface area contributed by atoms with E-state index in [1.165, 1.54) is 25.7 Å². The second-order valence-corrected chi connectivity index (χ2v) is 4.96. The van der Waals surface area contributed by atoms with Gasteiger partial charge in [-0.2, -0.15) is 5.10 Å². The average molecular weight is 253 g/mol. The van der Waals surface area contributed by atoms with Crippen molar-refractivity contribution in [3.8, 4) is 0 Å². The van der Waals surface area contributed by atoms with Gasteiger partial charge in [-0.25, -0.2) is 0 Å². The van der Waals surface area contributed by atoms with E-state index in [1.54, 1.807) is 10.9 Å². The minimum Gasteiger partial charge on any atom is -0.390 e. The second-order valence-electron chi connectivity index (χ2n) is 4.96. The number of aromatic nitrogens is 2. The number of rotatable bonds is 10. The van der Waals surface area contributed by atoms with Crippen LogP contribution < -0.4 is 5.32 Å². The van der Waals surface area contributed by atoms with E-state index in [0.29, 0.717) is 13.1 Å². The van der Waals surface area contributed by atoms with Crippen LogP contribution in [0, 0.1) is 5.92 Å². The Balaban J connectivity index is 2.11. The van der Waals surface area contributed by atoms with E-state index >= 15 is 0 Å². The summed E-state index contributed by atoms with van der Waals surface area (Å²) in [5, 5.41) is 17.3. The zero-order chi connectivity index (χ0) is 13.2. The number of unbranched alkanes of at least 4 members (excludes halogenated alkanes) is 1. The number of hydrogen-bond acceptors (Lipinski definition) is 3. The summed E-state index contributed by atoms with van der Waals surface area (Å²) in [4.78, 5) is 0. The molecule has 104 valence electrons. The molecule has 1 aromatic heterocycles. The SMILES string of the molecule is CCCCC(CC)CNCC(O)Cn1cccn1.